The van der Waals surface area contributed by atoms with E-state index in [9.17, 15) is 0 Å². The summed E-state index contributed by atoms with van der Waals surface area (Å²) in [5, 5.41) is 12.3. The lowest BCUT2D eigenvalue weighted by atomic mass is 10.2. The quantitative estimate of drug-likeness (QED) is 0.230. The van der Waals surface area contributed by atoms with Gasteiger partial charge in [-0.1, -0.05) is 26.7 Å². The van der Waals surface area contributed by atoms with Gasteiger partial charge in [-0.25, -0.2) is 20.0 Å². The molecule has 0 saturated heterocycles. The number of nitrogens with zero attached hydrogens (tertiary/aromatic N) is 4. The summed E-state index contributed by atoms with van der Waals surface area (Å²) in [4.78, 5) is 17.9. The monoisotopic (exact) mass is 436 g/mol. The standard InChI is InChI=1S/C19H32N8S2/c1-3-6-14(16-22-10-12-28-16)26-18(20)24-8-5-9-25-19(21)27-15(7-4-2)17-23-11-13-29-17/h10-15H,3-9H2,1-2H3,(H3,20,24,26)(H3,21,25,27). The maximum Gasteiger partial charge on any atom is 0.189 e. The van der Waals surface area contributed by atoms with E-state index in [2.05, 4.69) is 44.4 Å². The second kappa shape index (κ2) is 13.1. The average molecular weight is 437 g/mol. The molecule has 29 heavy (non-hydrogen) atoms. The van der Waals surface area contributed by atoms with Crippen LogP contribution in [0.15, 0.2) is 33.1 Å². The fourth-order valence-corrected chi connectivity index (χ4v) is 4.20. The molecular formula is C19H32N8S2. The predicted molar refractivity (Wildman–Crippen MR) is 123 cm³/mol. The molecule has 8 nitrogen and oxygen atoms in total. The first kappa shape index (κ1) is 23.1. The van der Waals surface area contributed by atoms with E-state index in [1.54, 1.807) is 35.1 Å². The van der Waals surface area contributed by atoms with E-state index >= 15 is 0 Å². The van der Waals surface area contributed by atoms with Crippen LogP contribution in [0.2, 0.25) is 0 Å². The molecule has 2 unspecified atom stereocenters. The molecule has 0 radical (unpaired) electrons. The summed E-state index contributed by atoms with van der Waals surface area (Å²) in [7, 11) is 0. The molecule has 2 rings (SSSR count). The Morgan fingerprint density at radius 1 is 0.897 bits per heavy atom. The summed E-state index contributed by atoms with van der Waals surface area (Å²) < 4.78 is 0. The summed E-state index contributed by atoms with van der Waals surface area (Å²) >= 11 is 3.23. The predicted octanol–water partition coefficient (Wildman–Crippen LogP) is 3.18. The van der Waals surface area contributed by atoms with Gasteiger partial charge in [0, 0.05) is 36.2 Å². The minimum absolute atomic E-state index is 0.0229. The zero-order valence-corrected chi connectivity index (χ0v) is 18.8. The lowest BCUT2D eigenvalue weighted by Crippen LogP contribution is -2.37. The van der Waals surface area contributed by atoms with Crippen molar-refractivity contribution in [3.8, 4) is 0 Å². The maximum absolute atomic E-state index is 6.05. The lowest BCUT2D eigenvalue weighted by Gasteiger charge is -2.13. The van der Waals surface area contributed by atoms with Crippen molar-refractivity contribution in [3.05, 3.63) is 33.2 Å². The summed E-state index contributed by atoms with van der Waals surface area (Å²) in [5.74, 6) is 0.902. The third kappa shape index (κ3) is 8.36. The van der Waals surface area contributed by atoms with Crippen molar-refractivity contribution in [1.29, 1.82) is 0 Å². The van der Waals surface area contributed by atoms with Crippen LogP contribution in [0.1, 0.15) is 68.1 Å². The molecule has 160 valence electrons. The van der Waals surface area contributed by atoms with E-state index in [1.165, 1.54) is 0 Å². The molecule has 0 aliphatic rings. The van der Waals surface area contributed by atoms with E-state index in [4.69, 9.17) is 11.5 Å². The number of nitrogens with one attached hydrogen (secondary N) is 2. The zero-order chi connectivity index (χ0) is 20.9. The highest BCUT2D eigenvalue weighted by molar-refractivity contribution is 7.09. The number of thiazole rings is 2. The van der Waals surface area contributed by atoms with Crippen LogP contribution in [0.4, 0.5) is 0 Å². The molecule has 0 aliphatic heterocycles. The first-order valence-corrected chi connectivity index (χ1v) is 11.8. The Bertz CT molecular complexity index is 665. The Balaban J connectivity index is 1.73. The number of rotatable bonds is 12. The topological polar surface area (TPSA) is 127 Å². The molecule has 6 N–H and O–H groups in total. The van der Waals surface area contributed by atoms with Gasteiger partial charge in [-0.15, -0.1) is 22.7 Å². The van der Waals surface area contributed by atoms with E-state index in [-0.39, 0.29) is 12.1 Å². The molecule has 0 aliphatic carbocycles. The number of guanidine groups is 2. The molecule has 0 aromatic carbocycles. The highest BCUT2D eigenvalue weighted by atomic mass is 32.1. The van der Waals surface area contributed by atoms with E-state index in [1.807, 2.05) is 10.8 Å². The van der Waals surface area contributed by atoms with Crippen molar-refractivity contribution in [3.63, 3.8) is 0 Å². The van der Waals surface area contributed by atoms with Gasteiger partial charge in [0.15, 0.2) is 11.9 Å². The maximum atomic E-state index is 6.05. The summed E-state index contributed by atoms with van der Waals surface area (Å²) in [5.41, 5.74) is 12.1. The molecule has 2 atom stereocenters. The number of aliphatic imine (C=N–C) groups is 2. The third-order valence-corrected chi connectivity index (χ3v) is 5.91. The third-order valence-electron chi connectivity index (χ3n) is 4.15. The van der Waals surface area contributed by atoms with E-state index in [0.29, 0.717) is 25.0 Å². The number of hydrogen-bond acceptors (Lipinski definition) is 6. The Kier molecular flexibility index (Phi) is 10.4. The SMILES string of the molecule is CCCC(N=C(N)NCCCNC(N)=NC(CCC)c1nccs1)c1nccs1. The zero-order valence-electron chi connectivity index (χ0n) is 17.2. The molecular weight excluding hydrogens is 404 g/mol. The molecule has 0 saturated carbocycles. The molecule has 2 aromatic rings. The van der Waals surface area contributed by atoms with Crippen LogP contribution in [0.5, 0.6) is 0 Å². The smallest absolute Gasteiger partial charge is 0.189 e. The Labute approximate surface area is 181 Å². The minimum Gasteiger partial charge on any atom is -0.370 e. The van der Waals surface area contributed by atoms with Crippen LogP contribution in [-0.2, 0) is 0 Å². The Hall–Kier alpha value is -2.20. The van der Waals surface area contributed by atoms with Crippen molar-refractivity contribution in [2.75, 3.05) is 13.1 Å². The van der Waals surface area contributed by atoms with Crippen molar-refractivity contribution in [2.24, 2.45) is 21.5 Å². The van der Waals surface area contributed by atoms with Crippen LogP contribution < -0.4 is 22.1 Å². The van der Waals surface area contributed by atoms with Gasteiger partial charge < -0.3 is 22.1 Å². The number of aromatic nitrogens is 2. The molecule has 10 heteroatoms. The van der Waals surface area contributed by atoms with E-state index < -0.39 is 0 Å². The van der Waals surface area contributed by atoms with Crippen LogP contribution in [0.25, 0.3) is 0 Å². The largest absolute Gasteiger partial charge is 0.370 e. The van der Waals surface area contributed by atoms with E-state index in [0.717, 1.165) is 42.1 Å². The van der Waals surface area contributed by atoms with Crippen molar-refractivity contribution in [2.45, 2.75) is 58.0 Å². The second-order valence-corrected chi connectivity index (χ2v) is 8.44. The second-order valence-electron chi connectivity index (χ2n) is 6.59. The van der Waals surface area contributed by atoms with Gasteiger partial charge in [-0.05, 0) is 19.3 Å². The molecule has 0 spiro atoms. The van der Waals surface area contributed by atoms with Gasteiger partial charge in [-0.3, -0.25) is 0 Å². The highest BCUT2D eigenvalue weighted by Crippen LogP contribution is 2.25. The number of hydrogen-bond donors (Lipinski definition) is 4. The fourth-order valence-electron chi connectivity index (χ4n) is 2.78. The molecule has 2 aromatic heterocycles. The highest BCUT2D eigenvalue weighted by Gasteiger charge is 2.13. The molecule has 0 bridgehead atoms. The van der Waals surface area contributed by atoms with Crippen molar-refractivity contribution >= 4 is 34.6 Å². The first-order valence-electron chi connectivity index (χ1n) is 10.1. The van der Waals surface area contributed by atoms with Crippen molar-refractivity contribution < 1.29 is 0 Å². The van der Waals surface area contributed by atoms with Crippen LogP contribution >= 0.6 is 22.7 Å². The van der Waals surface area contributed by atoms with Gasteiger partial charge in [0.2, 0.25) is 0 Å². The minimum atomic E-state index is 0.0229. The average Bonchev–Trinajstić information content (AvgIpc) is 3.41. The van der Waals surface area contributed by atoms with Crippen molar-refractivity contribution in [1.82, 2.24) is 20.6 Å². The van der Waals surface area contributed by atoms with Gasteiger partial charge in [0.25, 0.3) is 0 Å². The Morgan fingerprint density at radius 2 is 1.34 bits per heavy atom. The molecule has 0 fully saturated rings. The summed E-state index contributed by atoms with van der Waals surface area (Å²) in [6.45, 7) is 5.68. The van der Waals surface area contributed by atoms with Gasteiger partial charge in [-0.2, -0.15) is 0 Å². The first-order chi connectivity index (χ1) is 14.1. The molecule has 2 heterocycles. The van der Waals surface area contributed by atoms with Gasteiger partial charge in [0.05, 0.1) is 0 Å². The molecule has 0 amide bonds. The summed E-state index contributed by atoms with van der Waals surface area (Å²) in [6.07, 6.45) is 8.38. The summed E-state index contributed by atoms with van der Waals surface area (Å²) in [6, 6.07) is 0.0459. The van der Waals surface area contributed by atoms with Crippen LogP contribution in [0.3, 0.4) is 0 Å². The number of nitrogens with two attached hydrogens (primary N) is 2. The lowest BCUT2D eigenvalue weighted by molar-refractivity contribution is 0.626. The Morgan fingerprint density at radius 3 is 1.69 bits per heavy atom. The van der Waals surface area contributed by atoms with Crippen LogP contribution in [0, 0.1) is 0 Å². The van der Waals surface area contributed by atoms with Gasteiger partial charge >= 0.3 is 0 Å². The normalized spacial score (nSPS) is 14.6. The van der Waals surface area contributed by atoms with Gasteiger partial charge in [0.1, 0.15) is 22.1 Å². The fraction of sp³-hybridized carbons (Fsp3) is 0.579. The van der Waals surface area contributed by atoms with Crippen LogP contribution in [-0.4, -0.2) is 35.0 Å².